The van der Waals surface area contributed by atoms with Crippen LogP contribution in [0, 0.1) is 6.92 Å². The van der Waals surface area contributed by atoms with Gasteiger partial charge in [0.25, 0.3) is 0 Å². The molecule has 0 radical (unpaired) electrons. The van der Waals surface area contributed by atoms with Gasteiger partial charge in [0, 0.05) is 17.7 Å². The third kappa shape index (κ3) is 0.916. The number of ketones is 1. The van der Waals surface area contributed by atoms with Crippen molar-refractivity contribution in [3.63, 3.8) is 0 Å². The molecule has 0 aromatic heterocycles. The van der Waals surface area contributed by atoms with Crippen LogP contribution in [-0.2, 0) is 6.42 Å². The number of rotatable bonds is 0. The van der Waals surface area contributed by atoms with Gasteiger partial charge in [-0.2, -0.15) is 0 Å². The molecule has 2 rings (SSSR count). The maximum Gasteiger partial charge on any atom is 0.163 e. The molecule has 0 atom stereocenters. The third-order valence-electron chi connectivity index (χ3n) is 2.40. The fourth-order valence-electron chi connectivity index (χ4n) is 1.80. The van der Waals surface area contributed by atoms with E-state index in [1.807, 2.05) is 13.0 Å². The van der Waals surface area contributed by atoms with Crippen molar-refractivity contribution >= 4 is 11.5 Å². The number of nitrogens with two attached hydrogens (primary N) is 1. The molecule has 2 N–H and O–H groups in total. The van der Waals surface area contributed by atoms with Gasteiger partial charge in [-0.1, -0.05) is 0 Å². The lowest BCUT2D eigenvalue weighted by molar-refractivity contribution is 0.0994. The molecule has 0 amide bonds. The van der Waals surface area contributed by atoms with E-state index in [1.54, 1.807) is 6.07 Å². The Balaban J connectivity index is 2.68. The molecule has 1 aromatic carbocycles. The molecule has 2 nitrogen and oxygen atoms in total. The van der Waals surface area contributed by atoms with Gasteiger partial charge in [-0.3, -0.25) is 4.79 Å². The van der Waals surface area contributed by atoms with Crippen LogP contribution in [0.15, 0.2) is 12.1 Å². The van der Waals surface area contributed by atoms with Gasteiger partial charge in [-0.05, 0) is 36.6 Å². The first kappa shape index (κ1) is 7.35. The van der Waals surface area contributed by atoms with Crippen molar-refractivity contribution in [2.45, 2.75) is 19.8 Å². The SMILES string of the molecule is Cc1cc(N)cc2c1CCC2=O. The Labute approximate surface area is 71.4 Å². The summed E-state index contributed by atoms with van der Waals surface area (Å²) in [5, 5.41) is 0. The summed E-state index contributed by atoms with van der Waals surface area (Å²) in [5.41, 5.74) is 9.52. The van der Waals surface area contributed by atoms with Crippen LogP contribution in [-0.4, -0.2) is 5.78 Å². The Hall–Kier alpha value is -1.31. The van der Waals surface area contributed by atoms with Crippen LogP contribution in [0.5, 0.6) is 0 Å². The molecule has 0 saturated heterocycles. The van der Waals surface area contributed by atoms with E-state index in [1.165, 1.54) is 5.56 Å². The number of nitrogen functional groups attached to an aromatic ring is 1. The van der Waals surface area contributed by atoms with Crippen LogP contribution >= 0.6 is 0 Å². The highest BCUT2D eigenvalue weighted by molar-refractivity contribution is 6.01. The van der Waals surface area contributed by atoms with Crippen LogP contribution in [0.1, 0.15) is 27.9 Å². The average molecular weight is 161 g/mol. The van der Waals surface area contributed by atoms with Crippen molar-refractivity contribution in [1.82, 2.24) is 0 Å². The second-order valence-electron chi connectivity index (χ2n) is 3.29. The van der Waals surface area contributed by atoms with Crippen LogP contribution in [0.3, 0.4) is 0 Å². The van der Waals surface area contributed by atoms with E-state index in [4.69, 9.17) is 5.73 Å². The fourth-order valence-corrected chi connectivity index (χ4v) is 1.80. The normalized spacial score (nSPS) is 14.9. The van der Waals surface area contributed by atoms with Crippen LogP contribution in [0.25, 0.3) is 0 Å². The van der Waals surface area contributed by atoms with E-state index < -0.39 is 0 Å². The average Bonchev–Trinajstić information content (AvgIpc) is 2.33. The second kappa shape index (κ2) is 2.34. The van der Waals surface area contributed by atoms with Crippen molar-refractivity contribution in [3.05, 3.63) is 28.8 Å². The minimum Gasteiger partial charge on any atom is -0.399 e. The predicted molar refractivity (Wildman–Crippen MR) is 48.2 cm³/mol. The second-order valence-corrected chi connectivity index (χ2v) is 3.29. The molecule has 0 aliphatic heterocycles. The van der Waals surface area contributed by atoms with E-state index >= 15 is 0 Å². The molecule has 0 bridgehead atoms. The highest BCUT2D eigenvalue weighted by atomic mass is 16.1. The molecule has 0 spiro atoms. The zero-order chi connectivity index (χ0) is 8.72. The lowest BCUT2D eigenvalue weighted by Gasteiger charge is -2.03. The Morgan fingerprint density at radius 1 is 1.33 bits per heavy atom. The number of benzene rings is 1. The lowest BCUT2D eigenvalue weighted by atomic mass is 10.0. The Kier molecular flexibility index (Phi) is 1.43. The molecular weight excluding hydrogens is 150 g/mol. The van der Waals surface area contributed by atoms with Gasteiger partial charge in [0.05, 0.1) is 0 Å². The zero-order valence-corrected chi connectivity index (χ0v) is 7.05. The van der Waals surface area contributed by atoms with Crippen LogP contribution in [0.4, 0.5) is 5.69 Å². The number of fused-ring (bicyclic) bond motifs is 1. The third-order valence-corrected chi connectivity index (χ3v) is 2.40. The van der Waals surface area contributed by atoms with E-state index in [0.717, 1.165) is 17.5 Å². The van der Waals surface area contributed by atoms with Crippen molar-refractivity contribution < 1.29 is 4.79 Å². The Morgan fingerprint density at radius 3 is 2.83 bits per heavy atom. The van der Waals surface area contributed by atoms with Gasteiger partial charge in [-0.15, -0.1) is 0 Å². The van der Waals surface area contributed by atoms with E-state index in [-0.39, 0.29) is 5.78 Å². The highest BCUT2D eigenvalue weighted by Gasteiger charge is 2.20. The lowest BCUT2D eigenvalue weighted by Crippen LogP contribution is -1.95. The van der Waals surface area contributed by atoms with Crippen LogP contribution < -0.4 is 5.73 Å². The van der Waals surface area contributed by atoms with E-state index in [2.05, 4.69) is 0 Å². The number of carbonyl (C=O) groups excluding carboxylic acids is 1. The largest absolute Gasteiger partial charge is 0.399 e. The first-order valence-electron chi connectivity index (χ1n) is 4.10. The first-order valence-corrected chi connectivity index (χ1v) is 4.10. The van der Waals surface area contributed by atoms with Gasteiger partial charge in [0.2, 0.25) is 0 Å². The summed E-state index contributed by atoms with van der Waals surface area (Å²) >= 11 is 0. The van der Waals surface area contributed by atoms with Crippen molar-refractivity contribution in [3.8, 4) is 0 Å². The number of hydrogen-bond donors (Lipinski definition) is 1. The minimum atomic E-state index is 0.236. The molecule has 1 aromatic rings. The predicted octanol–water partition coefficient (Wildman–Crippen LogP) is 1.71. The standard InChI is InChI=1S/C10H11NO/c1-6-4-7(11)5-9-8(6)2-3-10(9)12/h4-5H,2-3,11H2,1H3. The molecular formula is C10H11NO. The summed E-state index contributed by atoms with van der Waals surface area (Å²) in [7, 11) is 0. The number of aryl methyl sites for hydroxylation is 1. The Morgan fingerprint density at radius 2 is 2.08 bits per heavy atom. The fraction of sp³-hybridized carbons (Fsp3) is 0.300. The first-order chi connectivity index (χ1) is 5.68. The maximum atomic E-state index is 11.3. The summed E-state index contributed by atoms with van der Waals surface area (Å²) in [6, 6.07) is 3.72. The van der Waals surface area contributed by atoms with Gasteiger partial charge in [-0.25, -0.2) is 0 Å². The molecule has 1 aliphatic rings. The van der Waals surface area contributed by atoms with Crippen molar-refractivity contribution in [1.29, 1.82) is 0 Å². The number of hydrogen-bond acceptors (Lipinski definition) is 2. The van der Waals surface area contributed by atoms with Gasteiger partial charge in [0.1, 0.15) is 0 Å². The van der Waals surface area contributed by atoms with E-state index in [0.29, 0.717) is 12.1 Å². The monoisotopic (exact) mass is 161 g/mol. The molecule has 0 unspecified atom stereocenters. The topological polar surface area (TPSA) is 43.1 Å². The van der Waals surface area contributed by atoms with Gasteiger partial charge >= 0.3 is 0 Å². The van der Waals surface area contributed by atoms with Crippen molar-refractivity contribution in [2.24, 2.45) is 0 Å². The number of Topliss-reactive ketones (excluding diaryl/α,β-unsaturated/α-hetero) is 1. The maximum absolute atomic E-state index is 11.3. The zero-order valence-electron chi connectivity index (χ0n) is 7.05. The Bertz CT molecular complexity index is 355. The summed E-state index contributed by atoms with van der Waals surface area (Å²) < 4.78 is 0. The van der Waals surface area contributed by atoms with Crippen molar-refractivity contribution in [2.75, 3.05) is 5.73 Å². The molecule has 12 heavy (non-hydrogen) atoms. The molecule has 0 saturated carbocycles. The highest BCUT2D eigenvalue weighted by Crippen LogP contribution is 2.27. The van der Waals surface area contributed by atoms with E-state index in [9.17, 15) is 4.79 Å². The van der Waals surface area contributed by atoms with Crippen LogP contribution in [0.2, 0.25) is 0 Å². The summed E-state index contributed by atoms with van der Waals surface area (Å²) in [6.45, 7) is 2.01. The summed E-state index contributed by atoms with van der Waals surface area (Å²) in [6.07, 6.45) is 1.54. The van der Waals surface area contributed by atoms with Gasteiger partial charge in [0.15, 0.2) is 5.78 Å². The number of carbonyl (C=O) groups is 1. The quantitative estimate of drug-likeness (QED) is 0.588. The van der Waals surface area contributed by atoms with Gasteiger partial charge < -0.3 is 5.73 Å². The molecule has 0 fully saturated rings. The molecule has 2 heteroatoms. The molecule has 62 valence electrons. The molecule has 0 heterocycles. The summed E-state index contributed by atoms with van der Waals surface area (Å²) in [5.74, 6) is 0.236. The number of anilines is 1. The summed E-state index contributed by atoms with van der Waals surface area (Å²) in [4.78, 5) is 11.3. The smallest absolute Gasteiger partial charge is 0.163 e. The minimum absolute atomic E-state index is 0.236. The molecule has 1 aliphatic carbocycles.